The predicted molar refractivity (Wildman–Crippen MR) is 38.9 cm³/mol. The minimum Gasteiger partial charge on any atom is -0.122 e. The first-order chi connectivity index (χ1) is 3.93. The molecule has 2 saturated carbocycles. The summed E-state index contributed by atoms with van der Waals surface area (Å²) >= 11 is 0. The molecule has 1 heteroatoms. The Labute approximate surface area is 52.8 Å². The van der Waals surface area contributed by atoms with Gasteiger partial charge in [-0.1, -0.05) is 6.42 Å². The van der Waals surface area contributed by atoms with Crippen LogP contribution < -0.4 is 0 Å². The van der Waals surface area contributed by atoms with Gasteiger partial charge in [0.05, 0.1) is 0 Å². The molecule has 0 aromatic rings. The van der Waals surface area contributed by atoms with Crippen LogP contribution in [0.25, 0.3) is 0 Å². The maximum atomic E-state index is 2.36. The number of fused-ring (bicyclic) bond motifs is 1. The SMILES string of the molecule is CPC1C2CCCC21. The normalized spacial score (nSPS) is 52.9. The Morgan fingerprint density at radius 1 is 1.25 bits per heavy atom. The lowest BCUT2D eigenvalue weighted by Crippen LogP contribution is -1.82. The van der Waals surface area contributed by atoms with Crippen LogP contribution in [0.15, 0.2) is 0 Å². The molecule has 3 unspecified atom stereocenters. The molecule has 46 valence electrons. The van der Waals surface area contributed by atoms with Gasteiger partial charge in [0.2, 0.25) is 0 Å². The van der Waals surface area contributed by atoms with Gasteiger partial charge in [-0.05, 0) is 37.0 Å². The molecule has 0 aromatic carbocycles. The molecule has 0 saturated heterocycles. The molecule has 8 heavy (non-hydrogen) atoms. The minimum absolute atomic E-state index is 1.20. The zero-order valence-corrected chi connectivity index (χ0v) is 6.35. The third-order valence-electron chi connectivity index (χ3n) is 2.74. The van der Waals surface area contributed by atoms with E-state index >= 15 is 0 Å². The first-order valence-electron chi connectivity index (χ1n) is 3.61. The fourth-order valence-corrected chi connectivity index (χ4v) is 3.82. The molecule has 0 spiro atoms. The van der Waals surface area contributed by atoms with Gasteiger partial charge in [0.15, 0.2) is 0 Å². The van der Waals surface area contributed by atoms with E-state index in [-0.39, 0.29) is 0 Å². The van der Waals surface area contributed by atoms with Crippen LogP contribution in [0.2, 0.25) is 0 Å². The summed E-state index contributed by atoms with van der Waals surface area (Å²) in [6.07, 6.45) is 4.67. The Kier molecular flexibility index (Phi) is 1.11. The van der Waals surface area contributed by atoms with E-state index in [1.807, 2.05) is 0 Å². The summed E-state index contributed by atoms with van der Waals surface area (Å²) in [5, 5.41) is 0. The number of rotatable bonds is 1. The molecule has 0 radical (unpaired) electrons. The molecule has 0 heterocycles. The summed E-state index contributed by atoms with van der Waals surface area (Å²) in [5.74, 6) is 2.41. The van der Waals surface area contributed by atoms with Gasteiger partial charge < -0.3 is 0 Å². The fraction of sp³-hybridized carbons (Fsp3) is 1.00. The van der Waals surface area contributed by atoms with Crippen molar-refractivity contribution in [3.63, 3.8) is 0 Å². The highest BCUT2D eigenvalue weighted by Crippen LogP contribution is 2.59. The molecular formula is C7H13P. The lowest BCUT2D eigenvalue weighted by atomic mass is 10.2. The molecule has 0 aromatic heterocycles. The minimum atomic E-state index is 1.20. The molecule has 2 aliphatic rings. The van der Waals surface area contributed by atoms with Gasteiger partial charge in [0, 0.05) is 0 Å². The smallest absolute Gasteiger partial charge is 0.0177 e. The fourth-order valence-electron chi connectivity index (χ4n) is 2.25. The van der Waals surface area contributed by atoms with Crippen LogP contribution in [0.5, 0.6) is 0 Å². The zero-order valence-electron chi connectivity index (χ0n) is 5.35. The highest BCUT2D eigenvalue weighted by molar-refractivity contribution is 7.38. The second-order valence-corrected chi connectivity index (χ2v) is 4.32. The van der Waals surface area contributed by atoms with Crippen molar-refractivity contribution >= 4 is 8.58 Å². The van der Waals surface area contributed by atoms with E-state index in [1.54, 1.807) is 12.8 Å². The van der Waals surface area contributed by atoms with Gasteiger partial charge in [0.1, 0.15) is 0 Å². The van der Waals surface area contributed by atoms with Crippen LogP contribution in [-0.2, 0) is 0 Å². The highest BCUT2D eigenvalue weighted by Gasteiger charge is 2.50. The zero-order chi connectivity index (χ0) is 5.56. The second-order valence-electron chi connectivity index (χ2n) is 3.07. The Morgan fingerprint density at radius 3 is 2.25 bits per heavy atom. The topological polar surface area (TPSA) is 0 Å². The Morgan fingerprint density at radius 2 is 1.88 bits per heavy atom. The van der Waals surface area contributed by atoms with Crippen LogP contribution in [-0.4, -0.2) is 12.3 Å². The van der Waals surface area contributed by atoms with E-state index < -0.39 is 0 Å². The second kappa shape index (κ2) is 1.70. The molecule has 0 bridgehead atoms. The highest BCUT2D eigenvalue weighted by atomic mass is 31.1. The van der Waals surface area contributed by atoms with Crippen molar-refractivity contribution in [1.82, 2.24) is 0 Å². The van der Waals surface area contributed by atoms with E-state index in [0.717, 1.165) is 0 Å². The monoisotopic (exact) mass is 128 g/mol. The van der Waals surface area contributed by atoms with Crippen LogP contribution in [0.4, 0.5) is 0 Å². The average molecular weight is 128 g/mol. The molecule has 3 atom stereocenters. The summed E-state index contributed by atoms with van der Waals surface area (Å²) in [5.41, 5.74) is 1.20. The van der Waals surface area contributed by atoms with E-state index in [4.69, 9.17) is 0 Å². The van der Waals surface area contributed by atoms with E-state index in [0.29, 0.717) is 0 Å². The van der Waals surface area contributed by atoms with Crippen LogP contribution >= 0.6 is 8.58 Å². The molecule has 0 N–H and O–H groups in total. The summed E-state index contributed by atoms with van der Waals surface area (Å²) in [6, 6.07) is 0. The summed E-state index contributed by atoms with van der Waals surface area (Å²) < 4.78 is 0. The van der Waals surface area contributed by atoms with Gasteiger partial charge in [-0.25, -0.2) is 0 Å². The maximum absolute atomic E-state index is 2.36. The quantitative estimate of drug-likeness (QED) is 0.474. The van der Waals surface area contributed by atoms with Crippen molar-refractivity contribution in [2.24, 2.45) is 11.8 Å². The Hall–Kier alpha value is 0.430. The summed E-state index contributed by atoms with van der Waals surface area (Å²) in [6.45, 7) is 2.36. The standard InChI is InChI=1S/C7H13P/c1-8-7-5-3-2-4-6(5)7/h5-8H,2-4H2,1H3. The van der Waals surface area contributed by atoms with Crippen molar-refractivity contribution in [3.05, 3.63) is 0 Å². The van der Waals surface area contributed by atoms with E-state index in [1.165, 1.54) is 32.5 Å². The van der Waals surface area contributed by atoms with Crippen molar-refractivity contribution < 1.29 is 0 Å². The third-order valence-corrected chi connectivity index (χ3v) is 4.26. The first kappa shape index (κ1) is 5.23. The predicted octanol–water partition coefficient (Wildman–Crippen LogP) is 2.09. The largest absolute Gasteiger partial charge is 0.122 e. The lowest BCUT2D eigenvalue weighted by molar-refractivity contribution is 0.741. The van der Waals surface area contributed by atoms with Crippen LogP contribution in [0.3, 0.4) is 0 Å². The maximum Gasteiger partial charge on any atom is -0.0177 e. The van der Waals surface area contributed by atoms with Crippen molar-refractivity contribution in [2.45, 2.75) is 24.9 Å². The molecule has 2 aliphatic carbocycles. The van der Waals surface area contributed by atoms with Gasteiger partial charge >= 0.3 is 0 Å². The van der Waals surface area contributed by atoms with E-state index in [2.05, 4.69) is 6.66 Å². The van der Waals surface area contributed by atoms with Crippen LogP contribution in [0.1, 0.15) is 19.3 Å². The van der Waals surface area contributed by atoms with E-state index in [9.17, 15) is 0 Å². The average Bonchev–Trinajstić information content (AvgIpc) is 2.22. The molecule has 2 fully saturated rings. The molecular weight excluding hydrogens is 115 g/mol. The third kappa shape index (κ3) is 0.558. The Balaban J connectivity index is 1.94. The lowest BCUT2D eigenvalue weighted by Gasteiger charge is -1.95. The number of hydrogen-bond acceptors (Lipinski definition) is 0. The van der Waals surface area contributed by atoms with Gasteiger partial charge in [-0.2, -0.15) is 0 Å². The molecule has 2 rings (SSSR count). The first-order valence-corrected chi connectivity index (χ1v) is 5.18. The molecule has 0 nitrogen and oxygen atoms in total. The summed E-state index contributed by atoms with van der Waals surface area (Å²) in [4.78, 5) is 0. The molecule has 0 aliphatic heterocycles. The van der Waals surface area contributed by atoms with Crippen molar-refractivity contribution in [3.8, 4) is 0 Å². The Bertz CT molecular complexity index is 83.8. The van der Waals surface area contributed by atoms with Crippen molar-refractivity contribution in [1.29, 1.82) is 0 Å². The number of hydrogen-bond donors (Lipinski definition) is 0. The molecule has 0 amide bonds. The van der Waals surface area contributed by atoms with Crippen molar-refractivity contribution in [2.75, 3.05) is 6.66 Å². The van der Waals surface area contributed by atoms with Gasteiger partial charge in [-0.15, -0.1) is 8.58 Å². The van der Waals surface area contributed by atoms with Crippen LogP contribution in [0, 0.1) is 11.8 Å². The summed E-state index contributed by atoms with van der Waals surface area (Å²) in [7, 11) is 1.24. The van der Waals surface area contributed by atoms with Gasteiger partial charge in [0.25, 0.3) is 0 Å². The van der Waals surface area contributed by atoms with Gasteiger partial charge in [-0.3, -0.25) is 0 Å².